The van der Waals surface area contributed by atoms with E-state index in [1.165, 1.54) is 22.4 Å². The maximum Gasteiger partial charge on any atom is 0.0761 e. The molecule has 0 saturated heterocycles. The highest BCUT2D eigenvalue weighted by Gasteiger charge is 2.24. The molecule has 0 saturated carbocycles. The van der Waals surface area contributed by atoms with Gasteiger partial charge in [0, 0.05) is 10.6 Å². The Morgan fingerprint density at radius 1 is 1.16 bits per heavy atom. The van der Waals surface area contributed by atoms with Gasteiger partial charge in [-0.05, 0) is 48.1 Å². The lowest BCUT2D eigenvalue weighted by molar-refractivity contribution is 0.199. The van der Waals surface area contributed by atoms with Gasteiger partial charge in [0.15, 0.2) is 0 Å². The van der Waals surface area contributed by atoms with Gasteiger partial charge in [-0.3, -0.25) is 0 Å². The fraction of sp³-hybridized carbons (Fsp3) is 0.294. The van der Waals surface area contributed by atoms with Crippen molar-refractivity contribution in [2.75, 3.05) is 5.75 Å². The second-order valence-corrected chi connectivity index (χ2v) is 6.25. The molecule has 2 aromatic rings. The highest BCUT2D eigenvalue weighted by atomic mass is 32.2. The summed E-state index contributed by atoms with van der Waals surface area (Å²) >= 11 is 1.91. The smallest absolute Gasteiger partial charge is 0.0761 e. The third-order valence-corrected chi connectivity index (χ3v) is 4.95. The van der Waals surface area contributed by atoms with Crippen LogP contribution in [0.15, 0.2) is 53.4 Å². The second kappa shape index (κ2) is 5.40. The highest BCUT2D eigenvalue weighted by Crippen LogP contribution is 2.38. The Labute approximate surface area is 118 Å². The van der Waals surface area contributed by atoms with Crippen molar-refractivity contribution in [3.63, 3.8) is 0 Å². The second-order valence-electron chi connectivity index (χ2n) is 5.16. The van der Waals surface area contributed by atoms with Crippen LogP contribution in [0.4, 0.5) is 0 Å². The Morgan fingerprint density at radius 2 is 1.89 bits per heavy atom. The van der Waals surface area contributed by atoms with Gasteiger partial charge in [0.1, 0.15) is 0 Å². The van der Waals surface area contributed by atoms with Crippen LogP contribution in [0, 0.1) is 0 Å². The van der Waals surface area contributed by atoms with Crippen molar-refractivity contribution in [3.8, 4) is 0 Å². The maximum atomic E-state index is 9.48. The molecule has 0 heterocycles. The van der Waals surface area contributed by atoms with E-state index in [2.05, 4.69) is 36.4 Å². The van der Waals surface area contributed by atoms with Gasteiger partial charge in [-0.25, -0.2) is 0 Å². The summed E-state index contributed by atoms with van der Waals surface area (Å²) in [5.41, 5.74) is 4.02. The summed E-state index contributed by atoms with van der Waals surface area (Å²) in [4.78, 5) is 1.29. The molecule has 98 valence electrons. The molecule has 1 aliphatic rings. The van der Waals surface area contributed by atoms with Gasteiger partial charge in [0.2, 0.25) is 0 Å². The van der Waals surface area contributed by atoms with Crippen LogP contribution in [-0.4, -0.2) is 10.9 Å². The molecule has 0 aliphatic heterocycles. The monoisotopic (exact) mass is 270 g/mol. The predicted octanol–water partition coefficient (Wildman–Crippen LogP) is 4.17. The molecule has 1 nitrogen and oxygen atoms in total. The molecule has 0 spiro atoms. The zero-order valence-corrected chi connectivity index (χ0v) is 11.9. The third-order valence-electron chi connectivity index (χ3n) is 3.77. The SMILES string of the molecule is CC(O)c1ccc(SCC2Cc3ccccc32)cc1. The zero-order chi connectivity index (χ0) is 13.2. The van der Waals surface area contributed by atoms with Gasteiger partial charge in [-0.15, -0.1) is 11.8 Å². The Morgan fingerprint density at radius 3 is 2.58 bits per heavy atom. The van der Waals surface area contributed by atoms with Gasteiger partial charge in [0.25, 0.3) is 0 Å². The normalized spacial score (nSPS) is 18.5. The van der Waals surface area contributed by atoms with Gasteiger partial charge in [-0.2, -0.15) is 0 Å². The van der Waals surface area contributed by atoms with E-state index < -0.39 is 0 Å². The summed E-state index contributed by atoms with van der Waals surface area (Å²) in [5, 5.41) is 9.48. The Hall–Kier alpha value is -1.25. The van der Waals surface area contributed by atoms with Crippen molar-refractivity contribution in [2.24, 2.45) is 0 Å². The maximum absolute atomic E-state index is 9.48. The Bertz CT molecular complexity index is 560. The van der Waals surface area contributed by atoms with Gasteiger partial charge < -0.3 is 5.11 Å². The molecular weight excluding hydrogens is 252 g/mol. The molecule has 1 N–H and O–H groups in total. The first-order valence-electron chi connectivity index (χ1n) is 6.72. The quantitative estimate of drug-likeness (QED) is 0.841. The van der Waals surface area contributed by atoms with Crippen LogP contribution in [0.3, 0.4) is 0 Å². The minimum absolute atomic E-state index is 0.377. The molecule has 0 fully saturated rings. The van der Waals surface area contributed by atoms with E-state index >= 15 is 0 Å². The molecule has 0 aromatic heterocycles. The number of benzene rings is 2. The number of aliphatic hydroxyl groups excluding tert-OH is 1. The minimum Gasteiger partial charge on any atom is -0.389 e. The predicted molar refractivity (Wildman–Crippen MR) is 80.7 cm³/mol. The van der Waals surface area contributed by atoms with E-state index in [0.29, 0.717) is 5.92 Å². The van der Waals surface area contributed by atoms with E-state index in [4.69, 9.17) is 0 Å². The van der Waals surface area contributed by atoms with Gasteiger partial charge in [0.05, 0.1) is 6.10 Å². The minimum atomic E-state index is -0.377. The lowest BCUT2D eigenvalue weighted by Crippen LogP contribution is -2.18. The van der Waals surface area contributed by atoms with E-state index in [1.807, 2.05) is 23.9 Å². The highest BCUT2D eigenvalue weighted by molar-refractivity contribution is 7.99. The van der Waals surface area contributed by atoms with Crippen molar-refractivity contribution >= 4 is 11.8 Å². The fourth-order valence-corrected chi connectivity index (χ4v) is 3.57. The third kappa shape index (κ3) is 2.70. The van der Waals surface area contributed by atoms with Crippen LogP contribution in [0.1, 0.15) is 35.6 Å². The first-order valence-corrected chi connectivity index (χ1v) is 7.71. The van der Waals surface area contributed by atoms with E-state index in [1.54, 1.807) is 6.92 Å². The number of hydrogen-bond donors (Lipinski definition) is 1. The van der Waals surface area contributed by atoms with Crippen LogP contribution in [-0.2, 0) is 6.42 Å². The molecular formula is C17H18OS. The summed E-state index contributed by atoms with van der Waals surface area (Å²) in [7, 11) is 0. The number of hydrogen-bond acceptors (Lipinski definition) is 2. The topological polar surface area (TPSA) is 20.2 Å². The van der Waals surface area contributed by atoms with E-state index in [0.717, 1.165) is 11.3 Å². The molecule has 3 rings (SSSR count). The summed E-state index contributed by atoms with van der Waals surface area (Å²) in [6, 6.07) is 17.0. The van der Waals surface area contributed by atoms with Crippen molar-refractivity contribution < 1.29 is 5.11 Å². The van der Waals surface area contributed by atoms with Crippen LogP contribution in [0.5, 0.6) is 0 Å². The Balaban J connectivity index is 1.59. The average Bonchev–Trinajstić information content (AvgIpc) is 2.40. The molecule has 19 heavy (non-hydrogen) atoms. The molecule has 0 amide bonds. The number of rotatable bonds is 4. The summed E-state index contributed by atoms with van der Waals surface area (Å²) in [6.45, 7) is 1.80. The first-order chi connectivity index (χ1) is 9.24. The molecule has 2 heteroatoms. The molecule has 2 unspecified atom stereocenters. The van der Waals surface area contributed by atoms with Crippen LogP contribution < -0.4 is 0 Å². The molecule has 2 aromatic carbocycles. The van der Waals surface area contributed by atoms with Crippen molar-refractivity contribution in [1.29, 1.82) is 0 Å². The zero-order valence-electron chi connectivity index (χ0n) is 11.0. The van der Waals surface area contributed by atoms with Crippen LogP contribution in [0.25, 0.3) is 0 Å². The van der Waals surface area contributed by atoms with Gasteiger partial charge in [-0.1, -0.05) is 36.4 Å². The van der Waals surface area contributed by atoms with Crippen molar-refractivity contribution in [3.05, 3.63) is 65.2 Å². The van der Waals surface area contributed by atoms with E-state index in [9.17, 15) is 5.11 Å². The van der Waals surface area contributed by atoms with Crippen LogP contribution in [0.2, 0.25) is 0 Å². The fourth-order valence-electron chi connectivity index (χ4n) is 2.55. The lowest BCUT2D eigenvalue weighted by atomic mass is 9.79. The van der Waals surface area contributed by atoms with E-state index in [-0.39, 0.29) is 6.10 Å². The van der Waals surface area contributed by atoms with Gasteiger partial charge >= 0.3 is 0 Å². The number of aliphatic hydroxyl groups is 1. The average molecular weight is 270 g/mol. The number of thioether (sulfide) groups is 1. The van der Waals surface area contributed by atoms with Crippen LogP contribution >= 0.6 is 11.8 Å². The lowest BCUT2D eigenvalue weighted by Gasteiger charge is -2.29. The molecule has 2 atom stereocenters. The molecule has 1 aliphatic carbocycles. The number of fused-ring (bicyclic) bond motifs is 1. The summed E-state index contributed by atoms with van der Waals surface area (Å²) in [5.74, 6) is 1.85. The summed E-state index contributed by atoms with van der Waals surface area (Å²) < 4.78 is 0. The Kier molecular flexibility index (Phi) is 3.63. The first kappa shape index (κ1) is 12.8. The molecule has 0 radical (unpaired) electrons. The van der Waals surface area contributed by atoms with Crippen molar-refractivity contribution in [2.45, 2.75) is 30.3 Å². The summed E-state index contributed by atoms with van der Waals surface area (Å²) in [6.07, 6.45) is 0.840. The largest absolute Gasteiger partial charge is 0.389 e. The standard InChI is InChI=1S/C17H18OS/c1-12(18)13-6-8-16(9-7-13)19-11-15-10-14-4-2-3-5-17(14)15/h2-9,12,15,18H,10-11H2,1H3. The van der Waals surface area contributed by atoms with Crippen molar-refractivity contribution in [1.82, 2.24) is 0 Å². The molecule has 0 bridgehead atoms.